The van der Waals surface area contributed by atoms with E-state index in [1.54, 1.807) is 36.4 Å². The molecule has 0 fully saturated rings. The molecule has 3 aromatic heterocycles. The summed E-state index contributed by atoms with van der Waals surface area (Å²) in [6.07, 6.45) is 0. The highest BCUT2D eigenvalue weighted by Gasteiger charge is 2.22. The lowest BCUT2D eigenvalue weighted by molar-refractivity contribution is 1.43. The van der Waals surface area contributed by atoms with Gasteiger partial charge < -0.3 is 15.0 Å². The van der Waals surface area contributed by atoms with E-state index in [1.165, 1.54) is 18.2 Å². The minimum Gasteiger partial charge on any atom is -0.354 e. The fourth-order valence-electron chi connectivity index (χ4n) is 5.33. The van der Waals surface area contributed by atoms with Crippen molar-refractivity contribution in [1.29, 1.82) is 10.5 Å². The average Bonchev–Trinajstić information content (AvgIpc) is 2.96. The molecule has 180 valence electrons. The largest absolute Gasteiger partial charge is 0.354 e. The summed E-state index contributed by atoms with van der Waals surface area (Å²) >= 11 is 0. The molecule has 0 spiro atoms. The molecule has 0 saturated heterocycles. The van der Waals surface area contributed by atoms with E-state index in [9.17, 15) is 24.9 Å². The molecule has 0 aliphatic carbocycles. The molecule has 3 heterocycles. The summed E-state index contributed by atoms with van der Waals surface area (Å²) in [6.45, 7) is 7.36. The molecule has 0 bridgehead atoms. The van der Waals surface area contributed by atoms with Crippen molar-refractivity contribution in [1.82, 2.24) is 15.0 Å². The number of nitrogens with one attached hydrogen (secondary N) is 3. The molecule has 0 amide bonds. The van der Waals surface area contributed by atoms with Gasteiger partial charge in [-0.15, -0.1) is 0 Å². The number of hydrogen-bond donors (Lipinski definition) is 3. The number of aromatic nitrogens is 3. The van der Waals surface area contributed by atoms with Crippen molar-refractivity contribution in [2.24, 2.45) is 0 Å². The van der Waals surface area contributed by atoms with E-state index in [-0.39, 0.29) is 65.7 Å². The van der Waals surface area contributed by atoms with Gasteiger partial charge in [0.1, 0.15) is 0 Å². The van der Waals surface area contributed by atoms with Crippen LogP contribution in [0.15, 0.2) is 69.0 Å². The topological polar surface area (TPSA) is 151 Å². The number of aromatic amines is 3. The second-order valence-corrected chi connectivity index (χ2v) is 9.20. The molecule has 0 atom stereocenters. The molecule has 0 radical (unpaired) electrons. The number of nitriles is 2. The summed E-state index contributed by atoms with van der Waals surface area (Å²) in [5.41, 5.74) is 1.41. The first kappa shape index (κ1) is 22.0. The van der Waals surface area contributed by atoms with Crippen LogP contribution >= 0.6 is 0 Å². The highest BCUT2D eigenvalue weighted by atomic mass is 16.1. The summed E-state index contributed by atoms with van der Waals surface area (Å²) in [5.74, 6) is 0. The number of H-pyrrole nitrogens is 3. The number of rotatable bonds is 0. The van der Waals surface area contributed by atoms with Gasteiger partial charge in [0.2, 0.25) is 0 Å². The van der Waals surface area contributed by atoms with Crippen LogP contribution in [-0.4, -0.2) is 15.0 Å². The van der Waals surface area contributed by atoms with Crippen LogP contribution in [0.4, 0.5) is 5.69 Å². The minimum absolute atomic E-state index is 0.0923. The van der Waals surface area contributed by atoms with Crippen LogP contribution in [0, 0.1) is 29.2 Å². The molecule has 0 aliphatic rings. The Labute approximate surface area is 216 Å². The fraction of sp³-hybridized carbons (Fsp3) is 0. The third-order valence-electron chi connectivity index (χ3n) is 7.12. The third kappa shape index (κ3) is 2.88. The Balaban J connectivity index is 1.87. The minimum atomic E-state index is -0.458. The van der Waals surface area contributed by atoms with Crippen LogP contribution in [0.2, 0.25) is 0 Å². The van der Waals surface area contributed by atoms with Gasteiger partial charge in [-0.05, 0) is 48.5 Å². The van der Waals surface area contributed by atoms with Gasteiger partial charge in [0.15, 0.2) is 22.0 Å². The number of nitrogens with zero attached hydrogens (tertiary/aromatic N) is 3. The fourth-order valence-corrected chi connectivity index (χ4v) is 5.33. The monoisotopic (exact) mass is 504 g/mol. The number of pyridine rings is 3. The molecule has 0 saturated carbocycles. The zero-order valence-corrected chi connectivity index (χ0v) is 19.8. The molecule has 9 nitrogen and oxygen atoms in total. The maximum absolute atomic E-state index is 14.0. The summed E-state index contributed by atoms with van der Waals surface area (Å²) in [6, 6.07) is 18.0. The van der Waals surface area contributed by atoms with E-state index in [4.69, 9.17) is 6.57 Å². The first-order valence-corrected chi connectivity index (χ1v) is 11.7. The molecular weight excluding hydrogens is 492 g/mol. The maximum Gasteiger partial charge on any atom is 0.199 e. The van der Waals surface area contributed by atoms with Crippen molar-refractivity contribution in [3.63, 3.8) is 0 Å². The lowest BCUT2D eigenvalue weighted by Gasteiger charge is -2.13. The molecule has 7 aromatic rings. The summed E-state index contributed by atoms with van der Waals surface area (Å²) < 4.78 is 0. The zero-order valence-electron chi connectivity index (χ0n) is 19.8. The second-order valence-electron chi connectivity index (χ2n) is 9.20. The molecule has 9 heteroatoms. The van der Waals surface area contributed by atoms with Crippen molar-refractivity contribution in [3.8, 4) is 12.1 Å². The SMILES string of the molecule is [C-]#[N+]c1ccc2[nH]c3c4c(=O)c5cc(C#N)ccc5[nH]c4c4c(=O)c5cc(C#N)ccc5[nH]c4c3c(=O)c2c1. The summed E-state index contributed by atoms with van der Waals surface area (Å²) in [4.78, 5) is 55.0. The number of fused-ring (bicyclic) bond motifs is 9. The van der Waals surface area contributed by atoms with Gasteiger partial charge in [0.25, 0.3) is 0 Å². The van der Waals surface area contributed by atoms with Gasteiger partial charge >= 0.3 is 0 Å². The first-order chi connectivity index (χ1) is 18.9. The molecule has 3 N–H and O–H groups in total. The smallest absolute Gasteiger partial charge is 0.199 e. The zero-order chi connectivity index (χ0) is 27.0. The Morgan fingerprint density at radius 3 is 1.36 bits per heavy atom. The predicted octanol–water partition coefficient (Wildman–Crippen LogP) is 4.96. The van der Waals surface area contributed by atoms with Gasteiger partial charge in [0, 0.05) is 32.7 Å². The number of hydrogen-bond acceptors (Lipinski definition) is 5. The van der Waals surface area contributed by atoms with Gasteiger partial charge in [0.05, 0.1) is 62.5 Å². The van der Waals surface area contributed by atoms with E-state index in [0.717, 1.165) is 0 Å². The lowest BCUT2D eigenvalue weighted by atomic mass is 9.98. The highest BCUT2D eigenvalue weighted by Crippen LogP contribution is 2.32. The number of benzene rings is 4. The van der Waals surface area contributed by atoms with Crippen molar-refractivity contribution in [2.75, 3.05) is 0 Å². The molecule has 0 unspecified atom stereocenters. The van der Waals surface area contributed by atoms with Crippen LogP contribution < -0.4 is 16.3 Å². The Morgan fingerprint density at radius 1 is 0.590 bits per heavy atom. The van der Waals surface area contributed by atoms with E-state index >= 15 is 0 Å². The van der Waals surface area contributed by atoms with E-state index in [2.05, 4.69) is 19.8 Å². The van der Waals surface area contributed by atoms with Crippen LogP contribution in [0.25, 0.3) is 70.3 Å². The van der Waals surface area contributed by atoms with E-state index < -0.39 is 16.3 Å². The quantitative estimate of drug-likeness (QED) is 0.151. The average molecular weight is 504 g/mol. The molecule has 7 rings (SSSR count). The van der Waals surface area contributed by atoms with Crippen LogP contribution in [0.3, 0.4) is 0 Å². The van der Waals surface area contributed by atoms with Crippen molar-refractivity contribution in [2.45, 2.75) is 0 Å². The van der Waals surface area contributed by atoms with Gasteiger partial charge in [-0.25, -0.2) is 4.85 Å². The highest BCUT2D eigenvalue weighted by molar-refractivity contribution is 6.25. The lowest BCUT2D eigenvalue weighted by Crippen LogP contribution is -2.15. The van der Waals surface area contributed by atoms with Gasteiger partial charge in [-0.1, -0.05) is 6.07 Å². The maximum atomic E-state index is 14.0. The standard InChI is InChI=1S/C30H12N6O3/c1-33-15-4-7-21-18(10-15)30(39)24-26-22(28(37)17-9-14(12-32)3-6-20(17)35-26)25-23(27(24)36-21)29(38)16-8-13(11-31)2-5-19(16)34-25/h2-10H,(H,34,38)(H,35,37)(H,36,39). The van der Waals surface area contributed by atoms with Crippen molar-refractivity contribution in [3.05, 3.63) is 108 Å². The summed E-state index contributed by atoms with van der Waals surface area (Å²) in [5, 5.41) is 19.8. The Kier molecular flexibility index (Phi) is 4.30. The van der Waals surface area contributed by atoms with E-state index in [1.807, 2.05) is 12.1 Å². The predicted molar refractivity (Wildman–Crippen MR) is 149 cm³/mol. The van der Waals surface area contributed by atoms with Gasteiger partial charge in [-0.2, -0.15) is 10.5 Å². The third-order valence-corrected chi connectivity index (χ3v) is 7.12. The van der Waals surface area contributed by atoms with Crippen LogP contribution in [0.5, 0.6) is 0 Å². The van der Waals surface area contributed by atoms with Crippen LogP contribution in [-0.2, 0) is 0 Å². The van der Waals surface area contributed by atoms with Crippen molar-refractivity contribution >= 4 is 71.1 Å². The van der Waals surface area contributed by atoms with E-state index in [0.29, 0.717) is 16.6 Å². The molecular formula is C30H12N6O3. The normalized spacial score (nSPS) is 11.3. The molecule has 4 aromatic carbocycles. The summed E-state index contributed by atoms with van der Waals surface area (Å²) in [7, 11) is 0. The second kappa shape index (κ2) is 7.63. The Hall–Kier alpha value is -6.24. The van der Waals surface area contributed by atoms with Crippen LogP contribution in [0.1, 0.15) is 11.1 Å². The molecule has 0 aliphatic heterocycles. The molecule has 39 heavy (non-hydrogen) atoms. The van der Waals surface area contributed by atoms with Gasteiger partial charge in [-0.3, -0.25) is 14.4 Å². The van der Waals surface area contributed by atoms with Crippen molar-refractivity contribution < 1.29 is 0 Å². The first-order valence-electron chi connectivity index (χ1n) is 11.7. The Morgan fingerprint density at radius 2 is 0.974 bits per heavy atom. The Bertz CT molecular complexity index is 2280.